The molecule has 2 fully saturated rings. The fourth-order valence-corrected chi connectivity index (χ4v) is 4.55. The lowest BCUT2D eigenvalue weighted by molar-refractivity contribution is -0.119. The average molecular weight is 407 g/mol. The molecule has 2 aromatic carbocycles. The first-order valence-corrected chi connectivity index (χ1v) is 11.0. The molecule has 0 bridgehead atoms. The molecule has 2 amide bonds. The van der Waals surface area contributed by atoms with Crippen LogP contribution in [0.4, 0.5) is 5.69 Å². The van der Waals surface area contributed by atoms with E-state index in [1.54, 1.807) is 7.11 Å². The van der Waals surface area contributed by atoms with Crippen LogP contribution in [0.2, 0.25) is 0 Å². The molecule has 2 saturated heterocycles. The number of ether oxygens (including phenoxy) is 1. The van der Waals surface area contributed by atoms with Crippen LogP contribution >= 0.6 is 0 Å². The SMILES string of the molecule is COc1ccc([C@@H]2CCCCCN2C(=O)c2ccc(N3CCCCC3=O)cc2)cc1. The summed E-state index contributed by atoms with van der Waals surface area (Å²) in [6.07, 6.45) is 6.87. The molecule has 2 aliphatic heterocycles. The largest absolute Gasteiger partial charge is 0.497 e. The molecule has 2 heterocycles. The van der Waals surface area contributed by atoms with Crippen LogP contribution in [0.5, 0.6) is 5.75 Å². The first-order chi connectivity index (χ1) is 14.7. The van der Waals surface area contributed by atoms with Crippen LogP contribution in [0.3, 0.4) is 0 Å². The third-order valence-electron chi connectivity index (χ3n) is 6.26. The van der Waals surface area contributed by atoms with E-state index in [0.29, 0.717) is 12.0 Å². The van der Waals surface area contributed by atoms with Crippen LogP contribution in [0, 0.1) is 0 Å². The Morgan fingerprint density at radius 3 is 2.33 bits per heavy atom. The molecule has 0 unspecified atom stereocenters. The number of carbonyl (C=O) groups excluding carboxylic acids is 2. The predicted octanol–water partition coefficient (Wildman–Crippen LogP) is 4.97. The van der Waals surface area contributed by atoms with Crippen molar-refractivity contribution in [3.63, 3.8) is 0 Å². The van der Waals surface area contributed by atoms with Gasteiger partial charge in [-0.2, -0.15) is 0 Å². The van der Waals surface area contributed by atoms with Crippen LogP contribution < -0.4 is 9.64 Å². The normalized spacial score (nSPS) is 20.0. The summed E-state index contributed by atoms with van der Waals surface area (Å²) in [5.41, 5.74) is 2.73. The van der Waals surface area contributed by atoms with Gasteiger partial charge in [-0.15, -0.1) is 0 Å². The molecule has 158 valence electrons. The summed E-state index contributed by atoms with van der Waals surface area (Å²) >= 11 is 0. The lowest BCUT2D eigenvalue weighted by Gasteiger charge is -2.31. The topological polar surface area (TPSA) is 49.9 Å². The fraction of sp³-hybridized carbons (Fsp3) is 0.440. The molecular formula is C25H30N2O3. The van der Waals surface area contributed by atoms with E-state index in [1.807, 2.05) is 46.2 Å². The number of rotatable bonds is 4. The van der Waals surface area contributed by atoms with E-state index in [1.165, 1.54) is 0 Å². The Labute approximate surface area is 178 Å². The third kappa shape index (κ3) is 4.35. The zero-order valence-corrected chi connectivity index (χ0v) is 17.7. The Morgan fingerprint density at radius 1 is 0.900 bits per heavy atom. The Hall–Kier alpha value is -2.82. The highest BCUT2D eigenvalue weighted by Gasteiger charge is 2.28. The second-order valence-corrected chi connectivity index (χ2v) is 8.19. The van der Waals surface area contributed by atoms with Gasteiger partial charge >= 0.3 is 0 Å². The number of amides is 2. The van der Waals surface area contributed by atoms with Crippen molar-refractivity contribution in [2.24, 2.45) is 0 Å². The lowest BCUT2D eigenvalue weighted by Crippen LogP contribution is -2.36. The molecule has 5 heteroatoms. The van der Waals surface area contributed by atoms with Crippen molar-refractivity contribution in [2.45, 2.75) is 51.0 Å². The minimum Gasteiger partial charge on any atom is -0.497 e. The fourth-order valence-electron chi connectivity index (χ4n) is 4.55. The molecule has 5 nitrogen and oxygen atoms in total. The molecule has 0 saturated carbocycles. The summed E-state index contributed by atoms with van der Waals surface area (Å²) in [5, 5.41) is 0. The number of benzene rings is 2. The van der Waals surface area contributed by atoms with Gasteiger partial charge in [0.05, 0.1) is 13.2 Å². The van der Waals surface area contributed by atoms with E-state index in [0.717, 1.165) is 68.6 Å². The van der Waals surface area contributed by atoms with E-state index in [9.17, 15) is 9.59 Å². The van der Waals surface area contributed by atoms with Gasteiger partial charge in [0, 0.05) is 30.8 Å². The Balaban J connectivity index is 1.55. The van der Waals surface area contributed by atoms with Crippen molar-refractivity contribution >= 4 is 17.5 Å². The molecule has 4 rings (SSSR count). The first kappa shape index (κ1) is 20.5. The molecule has 2 aliphatic rings. The van der Waals surface area contributed by atoms with Crippen LogP contribution in [-0.2, 0) is 4.79 Å². The number of methoxy groups -OCH3 is 1. The standard InChI is InChI=1S/C25H30N2O3/c1-30-22-15-11-19(12-16-22)23-7-3-2-5-18-27(23)25(29)20-9-13-21(14-10-20)26-17-6-4-8-24(26)28/h9-16,23H,2-8,17-18H2,1H3/t23-/m0/s1. The Morgan fingerprint density at radius 2 is 1.63 bits per heavy atom. The van der Waals surface area contributed by atoms with Crippen LogP contribution in [0.15, 0.2) is 48.5 Å². The maximum absolute atomic E-state index is 13.4. The quantitative estimate of drug-likeness (QED) is 0.720. The van der Waals surface area contributed by atoms with Crippen LogP contribution in [-0.4, -0.2) is 36.9 Å². The molecule has 1 atom stereocenters. The van der Waals surface area contributed by atoms with Gasteiger partial charge in [-0.25, -0.2) is 0 Å². The molecular weight excluding hydrogens is 376 g/mol. The van der Waals surface area contributed by atoms with Crippen molar-refractivity contribution < 1.29 is 14.3 Å². The van der Waals surface area contributed by atoms with Gasteiger partial charge < -0.3 is 14.5 Å². The molecule has 0 aromatic heterocycles. The minimum atomic E-state index is 0.0641. The predicted molar refractivity (Wildman–Crippen MR) is 118 cm³/mol. The minimum absolute atomic E-state index is 0.0641. The highest BCUT2D eigenvalue weighted by molar-refractivity contribution is 5.97. The summed E-state index contributed by atoms with van der Waals surface area (Å²) in [7, 11) is 1.66. The second-order valence-electron chi connectivity index (χ2n) is 8.19. The summed E-state index contributed by atoms with van der Waals surface area (Å²) in [6, 6.07) is 15.7. The number of nitrogens with zero attached hydrogens (tertiary/aromatic N) is 2. The van der Waals surface area contributed by atoms with Crippen molar-refractivity contribution in [2.75, 3.05) is 25.1 Å². The van der Waals surface area contributed by atoms with Gasteiger partial charge in [-0.05, 0) is 67.6 Å². The first-order valence-electron chi connectivity index (χ1n) is 11.0. The zero-order valence-electron chi connectivity index (χ0n) is 17.7. The van der Waals surface area contributed by atoms with Crippen molar-refractivity contribution in [3.8, 4) is 5.75 Å². The smallest absolute Gasteiger partial charge is 0.254 e. The van der Waals surface area contributed by atoms with E-state index in [-0.39, 0.29) is 17.9 Å². The summed E-state index contributed by atoms with van der Waals surface area (Å²) in [5.74, 6) is 1.06. The molecule has 30 heavy (non-hydrogen) atoms. The number of likely N-dealkylation sites (tertiary alicyclic amines) is 1. The average Bonchev–Trinajstić information content (AvgIpc) is 3.05. The van der Waals surface area contributed by atoms with E-state index in [2.05, 4.69) is 12.1 Å². The molecule has 0 spiro atoms. The van der Waals surface area contributed by atoms with Crippen molar-refractivity contribution in [3.05, 3.63) is 59.7 Å². The molecule has 0 radical (unpaired) electrons. The number of anilines is 1. The Kier molecular flexibility index (Phi) is 6.36. The summed E-state index contributed by atoms with van der Waals surface area (Å²) < 4.78 is 5.29. The van der Waals surface area contributed by atoms with Gasteiger partial charge in [0.15, 0.2) is 0 Å². The molecule has 0 aliphatic carbocycles. The Bertz CT molecular complexity index is 876. The zero-order chi connectivity index (χ0) is 20.9. The maximum atomic E-state index is 13.4. The highest BCUT2D eigenvalue weighted by Crippen LogP contribution is 2.32. The lowest BCUT2D eigenvalue weighted by atomic mass is 9.99. The molecule has 2 aromatic rings. The monoisotopic (exact) mass is 406 g/mol. The molecule has 0 N–H and O–H groups in total. The summed E-state index contributed by atoms with van der Waals surface area (Å²) in [4.78, 5) is 29.5. The highest BCUT2D eigenvalue weighted by atomic mass is 16.5. The van der Waals surface area contributed by atoms with E-state index >= 15 is 0 Å². The number of hydrogen-bond acceptors (Lipinski definition) is 3. The number of carbonyl (C=O) groups is 2. The van der Waals surface area contributed by atoms with E-state index < -0.39 is 0 Å². The number of hydrogen-bond donors (Lipinski definition) is 0. The van der Waals surface area contributed by atoms with Crippen molar-refractivity contribution in [1.82, 2.24) is 4.90 Å². The maximum Gasteiger partial charge on any atom is 0.254 e. The summed E-state index contributed by atoms with van der Waals surface area (Å²) in [6.45, 7) is 1.53. The van der Waals surface area contributed by atoms with Gasteiger partial charge in [0.1, 0.15) is 5.75 Å². The van der Waals surface area contributed by atoms with Crippen LogP contribution in [0.25, 0.3) is 0 Å². The van der Waals surface area contributed by atoms with Crippen LogP contribution in [0.1, 0.15) is 66.9 Å². The van der Waals surface area contributed by atoms with Gasteiger partial charge in [0.25, 0.3) is 5.91 Å². The van der Waals surface area contributed by atoms with E-state index in [4.69, 9.17) is 4.74 Å². The second kappa shape index (κ2) is 9.33. The van der Waals surface area contributed by atoms with Gasteiger partial charge in [-0.3, -0.25) is 9.59 Å². The van der Waals surface area contributed by atoms with Crippen molar-refractivity contribution in [1.29, 1.82) is 0 Å². The third-order valence-corrected chi connectivity index (χ3v) is 6.26. The van der Waals surface area contributed by atoms with Gasteiger partial charge in [0.2, 0.25) is 5.91 Å². The van der Waals surface area contributed by atoms with Gasteiger partial charge in [-0.1, -0.05) is 25.0 Å². The number of piperidine rings is 1.